The van der Waals surface area contributed by atoms with Crippen molar-refractivity contribution in [2.45, 2.75) is 12.1 Å². The molecule has 0 unspecified atom stereocenters. The summed E-state index contributed by atoms with van der Waals surface area (Å²) in [6.07, 6.45) is 3.15. The standard InChI is InChI=1S/C24H21ClN6O2S/c1-2-33-21-12-10-20(11-13-21)31-23(17-6-8-18(25)9-7-17)29-30-24(31)34-16-22(32)28-27-15-19-5-3-4-14-26-19/h3-15H,2,16H2,1H3,(H,28,32). The first-order chi connectivity index (χ1) is 16.6. The van der Waals surface area contributed by atoms with Crippen molar-refractivity contribution in [3.05, 3.63) is 83.6 Å². The fourth-order valence-corrected chi connectivity index (χ4v) is 3.90. The number of carbonyl (C=O) groups is 1. The van der Waals surface area contributed by atoms with Crippen molar-refractivity contribution in [2.75, 3.05) is 12.4 Å². The summed E-state index contributed by atoms with van der Waals surface area (Å²) in [5, 5.41) is 13.9. The number of nitrogens with one attached hydrogen (secondary N) is 1. The highest BCUT2D eigenvalue weighted by atomic mass is 35.5. The molecule has 0 aliphatic rings. The number of hydrogen-bond donors (Lipinski definition) is 1. The van der Waals surface area contributed by atoms with Gasteiger partial charge in [-0.3, -0.25) is 14.3 Å². The predicted molar refractivity (Wildman–Crippen MR) is 134 cm³/mol. The number of nitrogens with zero attached hydrogens (tertiary/aromatic N) is 5. The number of rotatable bonds is 9. The molecule has 8 nitrogen and oxygen atoms in total. The third kappa shape index (κ3) is 6.00. The normalized spacial score (nSPS) is 11.0. The molecule has 0 aliphatic heterocycles. The molecule has 0 radical (unpaired) electrons. The van der Waals surface area contributed by atoms with E-state index in [1.165, 1.54) is 18.0 Å². The maximum absolute atomic E-state index is 12.3. The van der Waals surface area contributed by atoms with Gasteiger partial charge in [-0.05, 0) is 67.6 Å². The third-order valence-electron chi connectivity index (χ3n) is 4.55. The van der Waals surface area contributed by atoms with Crippen LogP contribution in [-0.4, -0.2) is 44.2 Å². The first kappa shape index (κ1) is 23.5. The van der Waals surface area contributed by atoms with Gasteiger partial charge in [-0.25, -0.2) is 5.43 Å². The Morgan fingerprint density at radius 2 is 1.91 bits per heavy atom. The lowest BCUT2D eigenvalue weighted by Crippen LogP contribution is -2.20. The molecule has 0 spiro atoms. The van der Waals surface area contributed by atoms with Gasteiger partial charge in [0.1, 0.15) is 5.75 Å². The molecule has 2 aromatic carbocycles. The molecule has 2 heterocycles. The Labute approximate surface area is 206 Å². The molecule has 1 amide bonds. The minimum Gasteiger partial charge on any atom is -0.494 e. The average Bonchev–Trinajstić information content (AvgIpc) is 3.28. The van der Waals surface area contributed by atoms with Gasteiger partial charge in [0, 0.05) is 22.5 Å². The van der Waals surface area contributed by atoms with Gasteiger partial charge in [-0.2, -0.15) is 5.10 Å². The molecule has 172 valence electrons. The van der Waals surface area contributed by atoms with E-state index in [9.17, 15) is 4.79 Å². The summed E-state index contributed by atoms with van der Waals surface area (Å²) < 4.78 is 7.45. The Morgan fingerprint density at radius 1 is 1.12 bits per heavy atom. The Bertz CT molecular complexity index is 1260. The van der Waals surface area contributed by atoms with Crippen LogP contribution < -0.4 is 10.2 Å². The average molecular weight is 493 g/mol. The Balaban J connectivity index is 1.53. The highest BCUT2D eigenvalue weighted by Crippen LogP contribution is 2.29. The molecule has 4 rings (SSSR count). The maximum atomic E-state index is 12.3. The second kappa shape index (κ2) is 11.4. The number of halogens is 1. The zero-order chi connectivity index (χ0) is 23.8. The summed E-state index contributed by atoms with van der Waals surface area (Å²) in [4.78, 5) is 16.5. The fraction of sp³-hybridized carbons (Fsp3) is 0.125. The van der Waals surface area contributed by atoms with Gasteiger partial charge in [0.05, 0.1) is 24.3 Å². The number of pyridine rings is 1. The topological polar surface area (TPSA) is 94.3 Å². The van der Waals surface area contributed by atoms with Crippen LogP contribution in [0.15, 0.2) is 83.2 Å². The highest BCUT2D eigenvalue weighted by Gasteiger charge is 2.17. The van der Waals surface area contributed by atoms with Gasteiger partial charge in [0.25, 0.3) is 5.91 Å². The van der Waals surface area contributed by atoms with Crippen molar-refractivity contribution >= 4 is 35.5 Å². The summed E-state index contributed by atoms with van der Waals surface area (Å²) in [6, 6.07) is 20.4. The van der Waals surface area contributed by atoms with Gasteiger partial charge >= 0.3 is 0 Å². The van der Waals surface area contributed by atoms with Crippen molar-refractivity contribution in [3.63, 3.8) is 0 Å². The monoisotopic (exact) mass is 492 g/mol. The first-order valence-electron chi connectivity index (χ1n) is 10.4. The zero-order valence-corrected chi connectivity index (χ0v) is 19.8. The molecule has 1 N–H and O–H groups in total. The first-order valence-corrected chi connectivity index (χ1v) is 11.8. The SMILES string of the molecule is CCOc1ccc(-n2c(SCC(=O)NN=Cc3ccccn3)nnc2-c2ccc(Cl)cc2)cc1. The number of benzene rings is 2. The predicted octanol–water partition coefficient (Wildman–Crippen LogP) is 4.62. The van der Waals surface area contributed by atoms with Crippen molar-refractivity contribution < 1.29 is 9.53 Å². The van der Waals surface area contributed by atoms with E-state index in [1.54, 1.807) is 24.4 Å². The quantitative estimate of drug-likeness (QED) is 0.208. The Kier molecular flexibility index (Phi) is 7.90. The van der Waals surface area contributed by atoms with E-state index in [-0.39, 0.29) is 11.7 Å². The van der Waals surface area contributed by atoms with E-state index in [0.29, 0.717) is 28.3 Å². The number of carbonyl (C=O) groups excluding carboxylic acids is 1. The molecule has 0 aliphatic carbocycles. The van der Waals surface area contributed by atoms with Crippen LogP contribution >= 0.6 is 23.4 Å². The van der Waals surface area contributed by atoms with Crippen LogP contribution in [0, 0.1) is 0 Å². The Morgan fingerprint density at radius 3 is 2.62 bits per heavy atom. The number of hydrazone groups is 1. The molecule has 2 aromatic heterocycles. The minimum absolute atomic E-state index is 0.106. The lowest BCUT2D eigenvalue weighted by molar-refractivity contribution is -0.118. The van der Waals surface area contributed by atoms with Gasteiger partial charge < -0.3 is 4.74 Å². The maximum Gasteiger partial charge on any atom is 0.250 e. The summed E-state index contributed by atoms with van der Waals surface area (Å²) >= 11 is 7.31. The van der Waals surface area contributed by atoms with Crippen LogP contribution in [-0.2, 0) is 4.79 Å². The number of aromatic nitrogens is 4. The van der Waals surface area contributed by atoms with Gasteiger partial charge in [0.2, 0.25) is 0 Å². The Hall–Kier alpha value is -3.69. The molecule has 34 heavy (non-hydrogen) atoms. The van der Waals surface area contributed by atoms with Crippen molar-refractivity contribution in [1.82, 2.24) is 25.2 Å². The van der Waals surface area contributed by atoms with E-state index in [4.69, 9.17) is 16.3 Å². The molecular formula is C24H21ClN6O2S. The number of amides is 1. The van der Waals surface area contributed by atoms with Gasteiger partial charge in [-0.15, -0.1) is 10.2 Å². The zero-order valence-electron chi connectivity index (χ0n) is 18.3. The highest BCUT2D eigenvalue weighted by molar-refractivity contribution is 7.99. The molecule has 0 saturated heterocycles. The summed E-state index contributed by atoms with van der Waals surface area (Å²) in [7, 11) is 0. The van der Waals surface area contributed by atoms with E-state index in [1.807, 2.05) is 60.0 Å². The van der Waals surface area contributed by atoms with Crippen LogP contribution in [0.5, 0.6) is 5.75 Å². The van der Waals surface area contributed by atoms with Crippen LogP contribution in [0.3, 0.4) is 0 Å². The molecule has 0 atom stereocenters. The third-order valence-corrected chi connectivity index (χ3v) is 5.73. The molecule has 0 fully saturated rings. The van der Waals surface area contributed by atoms with E-state index in [0.717, 1.165) is 17.0 Å². The fourth-order valence-electron chi connectivity index (χ4n) is 3.03. The lowest BCUT2D eigenvalue weighted by atomic mass is 10.2. The summed E-state index contributed by atoms with van der Waals surface area (Å²) in [5.41, 5.74) is 4.85. The smallest absolute Gasteiger partial charge is 0.250 e. The molecular weight excluding hydrogens is 472 g/mol. The molecule has 0 saturated carbocycles. The van der Waals surface area contributed by atoms with Crippen molar-refractivity contribution in [3.8, 4) is 22.8 Å². The summed E-state index contributed by atoms with van der Waals surface area (Å²) in [6.45, 7) is 2.52. The van der Waals surface area contributed by atoms with Crippen LogP contribution in [0.25, 0.3) is 17.1 Å². The van der Waals surface area contributed by atoms with Crippen molar-refractivity contribution in [1.29, 1.82) is 0 Å². The van der Waals surface area contributed by atoms with Gasteiger partial charge in [-0.1, -0.05) is 29.4 Å². The minimum atomic E-state index is -0.272. The number of ether oxygens (including phenoxy) is 1. The van der Waals surface area contributed by atoms with E-state index < -0.39 is 0 Å². The molecule has 4 aromatic rings. The van der Waals surface area contributed by atoms with Crippen LogP contribution in [0.2, 0.25) is 5.02 Å². The molecule has 0 bridgehead atoms. The van der Waals surface area contributed by atoms with Crippen LogP contribution in [0.4, 0.5) is 0 Å². The second-order valence-electron chi connectivity index (χ2n) is 6.91. The summed E-state index contributed by atoms with van der Waals surface area (Å²) in [5.74, 6) is 1.24. The number of thioether (sulfide) groups is 1. The van der Waals surface area contributed by atoms with Gasteiger partial charge in [0.15, 0.2) is 11.0 Å². The van der Waals surface area contributed by atoms with E-state index >= 15 is 0 Å². The second-order valence-corrected chi connectivity index (χ2v) is 8.29. The largest absolute Gasteiger partial charge is 0.494 e. The van der Waals surface area contributed by atoms with E-state index in [2.05, 4.69) is 25.7 Å². The molecule has 10 heteroatoms. The number of hydrogen-bond acceptors (Lipinski definition) is 7. The van der Waals surface area contributed by atoms with Crippen LogP contribution in [0.1, 0.15) is 12.6 Å². The van der Waals surface area contributed by atoms with Crippen molar-refractivity contribution in [2.24, 2.45) is 5.10 Å². The lowest BCUT2D eigenvalue weighted by Gasteiger charge is -2.11.